The molecule has 36 heavy (non-hydrogen) atoms. The average molecular weight is 501 g/mol. The van der Waals surface area contributed by atoms with Gasteiger partial charge in [-0.1, -0.05) is 149 Å². The van der Waals surface area contributed by atoms with Gasteiger partial charge >= 0.3 is 5.97 Å². The Labute approximate surface area is 225 Å². The van der Waals surface area contributed by atoms with Crippen LogP contribution in [-0.2, 0) is 12.8 Å². The fourth-order valence-corrected chi connectivity index (χ4v) is 5.69. The largest absolute Gasteiger partial charge is 0.478 e. The molecule has 1 aromatic carbocycles. The van der Waals surface area contributed by atoms with Crippen LogP contribution in [0.3, 0.4) is 0 Å². The van der Waals surface area contributed by atoms with E-state index in [0.717, 1.165) is 18.4 Å². The molecule has 1 N–H and O–H groups in total. The van der Waals surface area contributed by atoms with Crippen LogP contribution >= 0.6 is 0 Å². The number of rotatable bonds is 24. The molecule has 1 rings (SSSR count). The van der Waals surface area contributed by atoms with Gasteiger partial charge in [0, 0.05) is 0 Å². The second-order valence-electron chi connectivity index (χ2n) is 11.8. The summed E-state index contributed by atoms with van der Waals surface area (Å²) < 4.78 is 0. The number of carboxylic acids is 1. The molecular weight excluding hydrogens is 440 g/mol. The molecule has 1 aromatic rings. The smallest absolute Gasteiger partial charge is 0.335 e. The maximum atomic E-state index is 12.1. The van der Waals surface area contributed by atoms with E-state index in [4.69, 9.17) is 0 Å². The summed E-state index contributed by atoms with van der Waals surface area (Å²) in [4.78, 5) is 12.1. The van der Waals surface area contributed by atoms with E-state index in [0.29, 0.717) is 5.56 Å². The molecule has 2 nitrogen and oxygen atoms in total. The van der Waals surface area contributed by atoms with Gasteiger partial charge in [0.25, 0.3) is 0 Å². The summed E-state index contributed by atoms with van der Waals surface area (Å²) in [5.74, 6) is -0.767. The van der Waals surface area contributed by atoms with Crippen molar-refractivity contribution in [1.29, 1.82) is 0 Å². The van der Waals surface area contributed by atoms with Crippen molar-refractivity contribution in [3.63, 3.8) is 0 Å². The first kappa shape index (κ1) is 32.7. The van der Waals surface area contributed by atoms with Crippen molar-refractivity contribution in [2.45, 2.75) is 169 Å². The maximum absolute atomic E-state index is 12.1. The maximum Gasteiger partial charge on any atom is 0.335 e. The molecule has 0 saturated heterocycles. The lowest BCUT2D eigenvalue weighted by atomic mass is 9.74. The van der Waals surface area contributed by atoms with Gasteiger partial charge in [0.15, 0.2) is 0 Å². The third-order valence-electron chi connectivity index (χ3n) is 8.10. The molecule has 2 heteroatoms. The van der Waals surface area contributed by atoms with E-state index in [1.807, 2.05) is 6.07 Å². The van der Waals surface area contributed by atoms with E-state index in [1.54, 1.807) is 0 Å². The van der Waals surface area contributed by atoms with Crippen molar-refractivity contribution >= 4 is 5.97 Å². The zero-order valence-corrected chi connectivity index (χ0v) is 24.6. The molecule has 0 aliphatic heterocycles. The van der Waals surface area contributed by atoms with Crippen LogP contribution in [0.15, 0.2) is 18.2 Å². The molecule has 1 unspecified atom stereocenters. The van der Waals surface area contributed by atoms with Gasteiger partial charge in [-0.25, -0.2) is 4.79 Å². The van der Waals surface area contributed by atoms with Crippen molar-refractivity contribution in [2.75, 3.05) is 0 Å². The van der Waals surface area contributed by atoms with E-state index in [2.05, 4.69) is 39.8 Å². The van der Waals surface area contributed by atoms with Gasteiger partial charge in [-0.15, -0.1) is 0 Å². The Morgan fingerprint density at radius 3 is 1.58 bits per heavy atom. The SMILES string of the molecule is CCCCCCCCCCC(C)(CCCCCCCC)Cc1cc(CCCCCC)ccc1C(=O)O. The molecule has 0 aliphatic carbocycles. The summed E-state index contributed by atoms with van der Waals surface area (Å²) in [5.41, 5.74) is 3.11. The van der Waals surface area contributed by atoms with Crippen LogP contribution < -0.4 is 0 Å². The van der Waals surface area contributed by atoms with Gasteiger partial charge in [-0.3, -0.25) is 0 Å². The number of carboxylic acid groups (broad SMARTS) is 1. The lowest BCUT2D eigenvalue weighted by Crippen LogP contribution is -2.22. The highest BCUT2D eigenvalue weighted by atomic mass is 16.4. The van der Waals surface area contributed by atoms with Crippen molar-refractivity contribution in [3.8, 4) is 0 Å². The molecular formula is C34H60O2. The minimum Gasteiger partial charge on any atom is -0.478 e. The van der Waals surface area contributed by atoms with Crippen LogP contribution in [0.1, 0.15) is 178 Å². The Kier molecular flexibility index (Phi) is 18.8. The molecule has 0 heterocycles. The molecule has 0 spiro atoms. The first-order valence-electron chi connectivity index (χ1n) is 15.8. The standard InChI is InChI=1S/C34H60O2/c1-5-8-11-14-16-17-19-22-27-34(4,26-21-18-15-12-9-6-2)29-31-28-30(23-20-13-10-7-3)24-25-32(31)33(35)36/h24-25,28H,5-23,26-27,29H2,1-4H3,(H,35,36). The Morgan fingerprint density at radius 1 is 0.667 bits per heavy atom. The topological polar surface area (TPSA) is 37.3 Å². The molecule has 208 valence electrons. The zero-order valence-electron chi connectivity index (χ0n) is 24.6. The predicted molar refractivity (Wildman–Crippen MR) is 158 cm³/mol. The average Bonchev–Trinajstić information content (AvgIpc) is 2.85. The number of hydrogen-bond donors (Lipinski definition) is 1. The van der Waals surface area contributed by atoms with Crippen LogP contribution in [0.25, 0.3) is 0 Å². The third kappa shape index (κ3) is 15.1. The van der Waals surface area contributed by atoms with Gasteiger partial charge in [0.2, 0.25) is 0 Å². The summed E-state index contributed by atoms with van der Waals surface area (Å²) in [6.07, 6.45) is 28.1. The van der Waals surface area contributed by atoms with Gasteiger partial charge in [0.05, 0.1) is 5.56 Å². The molecule has 0 bridgehead atoms. The van der Waals surface area contributed by atoms with Crippen LogP contribution in [0, 0.1) is 5.41 Å². The normalized spacial score (nSPS) is 13.1. The fourth-order valence-electron chi connectivity index (χ4n) is 5.69. The van der Waals surface area contributed by atoms with Crippen molar-refractivity contribution in [1.82, 2.24) is 0 Å². The molecule has 0 aliphatic rings. The lowest BCUT2D eigenvalue weighted by molar-refractivity contribution is 0.0694. The van der Waals surface area contributed by atoms with E-state index in [1.165, 1.54) is 134 Å². The lowest BCUT2D eigenvalue weighted by Gasteiger charge is -2.31. The number of carbonyl (C=O) groups is 1. The summed E-state index contributed by atoms with van der Waals surface area (Å²) >= 11 is 0. The second-order valence-corrected chi connectivity index (χ2v) is 11.8. The van der Waals surface area contributed by atoms with Crippen LogP contribution in [-0.4, -0.2) is 11.1 Å². The van der Waals surface area contributed by atoms with Crippen molar-refractivity contribution < 1.29 is 9.90 Å². The van der Waals surface area contributed by atoms with Gasteiger partial charge in [0.1, 0.15) is 0 Å². The minimum atomic E-state index is -0.767. The molecule has 0 radical (unpaired) electrons. The predicted octanol–water partition coefficient (Wildman–Crippen LogP) is 11.3. The number of benzene rings is 1. The highest BCUT2D eigenvalue weighted by Crippen LogP contribution is 2.36. The van der Waals surface area contributed by atoms with E-state index in [9.17, 15) is 9.90 Å². The Balaban J connectivity index is 2.80. The highest BCUT2D eigenvalue weighted by Gasteiger charge is 2.26. The van der Waals surface area contributed by atoms with Crippen LogP contribution in [0.5, 0.6) is 0 Å². The van der Waals surface area contributed by atoms with Crippen molar-refractivity contribution in [2.24, 2.45) is 5.41 Å². The summed E-state index contributed by atoms with van der Waals surface area (Å²) in [6.45, 7) is 9.25. The van der Waals surface area contributed by atoms with Crippen LogP contribution in [0.4, 0.5) is 0 Å². The monoisotopic (exact) mass is 500 g/mol. The molecule has 0 aromatic heterocycles. The van der Waals surface area contributed by atoms with Crippen LogP contribution in [0.2, 0.25) is 0 Å². The summed E-state index contributed by atoms with van der Waals surface area (Å²) in [6, 6.07) is 6.18. The fraction of sp³-hybridized carbons (Fsp3) is 0.794. The summed E-state index contributed by atoms with van der Waals surface area (Å²) in [7, 11) is 0. The van der Waals surface area contributed by atoms with Gasteiger partial charge in [-0.2, -0.15) is 0 Å². The van der Waals surface area contributed by atoms with Crippen molar-refractivity contribution in [3.05, 3.63) is 34.9 Å². The molecule has 0 saturated carbocycles. The first-order chi connectivity index (χ1) is 17.5. The minimum absolute atomic E-state index is 0.192. The van der Waals surface area contributed by atoms with E-state index < -0.39 is 5.97 Å². The molecule has 1 atom stereocenters. The number of unbranched alkanes of at least 4 members (excludes halogenated alkanes) is 15. The number of aryl methyl sites for hydroxylation is 1. The number of aromatic carboxylic acids is 1. The zero-order chi connectivity index (χ0) is 26.5. The Morgan fingerprint density at radius 2 is 1.11 bits per heavy atom. The first-order valence-corrected chi connectivity index (χ1v) is 15.8. The molecule has 0 fully saturated rings. The summed E-state index contributed by atoms with van der Waals surface area (Å²) in [5, 5.41) is 9.93. The third-order valence-corrected chi connectivity index (χ3v) is 8.10. The Bertz CT molecular complexity index is 680. The second kappa shape index (κ2) is 20.7. The number of hydrogen-bond acceptors (Lipinski definition) is 1. The Hall–Kier alpha value is -1.31. The quantitative estimate of drug-likeness (QED) is 0.143. The highest BCUT2D eigenvalue weighted by molar-refractivity contribution is 5.89. The molecule has 0 amide bonds. The van der Waals surface area contributed by atoms with E-state index in [-0.39, 0.29) is 5.41 Å². The van der Waals surface area contributed by atoms with Gasteiger partial charge < -0.3 is 5.11 Å². The van der Waals surface area contributed by atoms with E-state index >= 15 is 0 Å². The van der Waals surface area contributed by atoms with Gasteiger partial charge in [-0.05, 0) is 54.7 Å².